The summed E-state index contributed by atoms with van der Waals surface area (Å²) in [5.74, 6) is 0.248. The maximum Gasteiger partial charge on any atom is 0.292 e. The molecular weight excluding hydrogens is 366 g/mol. The molecule has 0 aliphatic carbocycles. The molecule has 0 atom stereocenters. The fraction of sp³-hybridized carbons (Fsp3) is 0.130. The van der Waals surface area contributed by atoms with Crippen molar-refractivity contribution in [3.8, 4) is 0 Å². The number of hydrogen-bond acceptors (Lipinski definition) is 5. The van der Waals surface area contributed by atoms with Crippen molar-refractivity contribution in [2.24, 2.45) is 0 Å². The molecule has 1 N–H and O–H groups in total. The predicted octanol–water partition coefficient (Wildman–Crippen LogP) is 5.32. The Morgan fingerprint density at radius 2 is 1.72 bits per heavy atom. The van der Waals surface area contributed by atoms with Crippen LogP contribution < -0.4 is 5.32 Å². The van der Waals surface area contributed by atoms with Gasteiger partial charge in [0.05, 0.1) is 0 Å². The molecule has 146 valence electrons. The lowest BCUT2D eigenvalue weighted by atomic mass is 10.1. The van der Waals surface area contributed by atoms with Crippen LogP contribution in [0.25, 0.3) is 11.0 Å². The van der Waals surface area contributed by atoms with Crippen molar-refractivity contribution >= 4 is 22.7 Å². The highest BCUT2D eigenvalue weighted by Gasteiger charge is 2.20. The highest BCUT2D eigenvalue weighted by Crippen LogP contribution is 2.25. The summed E-state index contributed by atoms with van der Waals surface area (Å²) < 4.78 is 10.2. The first-order chi connectivity index (χ1) is 14.0. The van der Waals surface area contributed by atoms with E-state index in [0.29, 0.717) is 23.5 Å². The second-order valence-corrected chi connectivity index (χ2v) is 5.25. The van der Waals surface area contributed by atoms with Gasteiger partial charge in [-0.3, -0.25) is 10.1 Å². The minimum absolute atomic E-state index is 0.274. The first kappa shape index (κ1) is 22.8. The van der Waals surface area contributed by atoms with Gasteiger partial charge in [-0.25, -0.2) is 4.63 Å². The maximum atomic E-state index is 12.3. The number of furan rings is 1. The average molecular weight is 387 g/mol. The second kappa shape index (κ2) is 12.2. The molecule has 0 aliphatic heterocycles. The molecule has 0 saturated carbocycles. The number of carbonyl (C=O) groups is 1. The maximum absolute atomic E-state index is 12.3. The van der Waals surface area contributed by atoms with Crippen LogP contribution in [0.1, 0.15) is 28.7 Å². The lowest BCUT2D eigenvalue weighted by Crippen LogP contribution is -2.13. The zero-order chi connectivity index (χ0) is 21.6. The molecule has 3 rings (SSSR count). The minimum atomic E-state index is -0.357. The molecule has 0 bridgehead atoms. The predicted molar refractivity (Wildman–Crippen MR) is 113 cm³/mol. The fourth-order valence-corrected chi connectivity index (χ4v) is 2.15. The summed E-state index contributed by atoms with van der Waals surface area (Å²) in [4.78, 5) is 12.3. The van der Waals surface area contributed by atoms with Gasteiger partial charge in [0.25, 0.3) is 5.91 Å². The van der Waals surface area contributed by atoms with Crippen molar-refractivity contribution in [2.75, 3.05) is 5.32 Å². The van der Waals surface area contributed by atoms with Crippen LogP contribution in [0.4, 0.5) is 5.82 Å². The van der Waals surface area contributed by atoms with Crippen molar-refractivity contribution < 1.29 is 13.8 Å². The molecule has 29 heavy (non-hydrogen) atoms. The summed E-state index contributed by atoms with van der Waals surface area (Å²) in [5.41, 5.74) is 13.8. The minimum Gasteiger partial charge on any atom is -0.451 e. The first-order valence-electron chi connectivity index (χ1n) is 8.48. The van der Waals surface area contributed by atoms with Gasteiger partial charge >= 0.3 is 0 Å². The van der Waals surface area contributed by atoms with Gasteiger partial charge in [0.15, 0.2) is 5.76 Å². The lowest BCUT2D eigenvalue weighted by Gasteiger charge is -2.00. The van der Waals surface area contributed by atoms with Crippen molar-refractivity contribution in [3.05, 3.63) is 96.3 Å². The van der Waals surface area contributed by atoms with E-state index in [0.717, 1.165) is 10.9 Å². The highest BCUT2D eigenvalue weighted by atomic mass is 16.6. The zero-order valence-electron chi connectivity index (χ0n) is 16.5. The van der Waals surface area contributed by atoms with Crippen molar-refractivity contribution in [1.29, 1.82) is 0 Å². The summed E-state index contributed by atoms with van der Waals surface area (Å²) in [6.07, 6.45) is 0.623. The molecule has 0 spiro atoms. The van der Waals surface area contributed by atoms with E-state index in [1.807, 2.05) is 38.1 Å². The Labute approximate surface area is 169 Å². The largest absolute Gasteiger partial charge is 0.451 e. The highest BCUT2D eigenvalue weighted by molar-refractivity contribution is 6.06. The molecule has 6 heteroatoms. The number of benzene rings is 1. The molecular formula is C23H21N3O3. The van der Waals surface area contributed by atoms with Crippen LogP contribution in [0.5, 0.6) is 0 Å². The quantitative estimate of drug-likeness (QED) is 0.615. The number of aromatic nitrogens is 2. The Morgan fingerprint density at radius 1 is 1.07 bits per heavy atom. The van der Waals surface area contributed by atoms with Crippen LogP contribution in [0.2, 0.25) is 0 Å². The van der Waals surface area contributed by atoms with Gasteiger partial charge in [-0.2, -0.15) is 0 Å². The molecule has 1 aromatic carbocycles. The monoisotopic (exact) mass is 387 g/mol. The molecule has 1 amide bonds. The van der Waals surface area contributed by atoms with Crippen molar-refractivity contribution in [3.63, 3.8) is 0 Å². The SMILES string of the molecule is C=C=C=C.C=C=C=C=C.CCc1nonc1NC(=O)c1oc2ccccc2c1C. The van der Waals surface area contributed by atoms with E-state index >= 15 is 0 Å². The van der Waals surface area contributed by atoms with Gasteiger partial charge in [-0.05, 0) is 56.6 Å². The molecule has 0 saturated heterocycles. The third-order valence-electron chi connectivity index (χ3n) is 3.47. The Morgan fingerprint density at radius 3 is 2.24 bits per heavy atom. The third-order valence-corrected chi connectivity index (χ3v) is 3.47. The Hall–Kier alpha value is -4.25. The number of amides is 1. The lowest BCUT2D eigenvalue weighted by molar-refractivity contribution is 0.0997. The van der Waals surface area contributed by atoms with E-state index in [-0.39, 0.29) is 11.7 Å². The van der Waals surface area contributed by atoms with Crippen molar-refractivity contribution in [2.45, 2.75) is 20.3 Å². The standard InChI is InChI=1S/C14H13N3O3.C5H4.C4H4/c1-3-10-13(17-20-16-10)15-14(18)12-8(2)9-6-4-5-7-11(9)19-12;1-3-5-4-2;1-3-4-2/h4-7H,3H2,1-2H3,(H,15,17,18);1-2H2;1-2H2. The van der Waals surface area contributed by atoms with E-state index in [9.17, 15) is 4.79 Å². The summed E-state index contributed by atoms with van der Waals surface area (Å²) >= 11 is 0. The van der Waals surface area contributed by atoms with Crippen molar-refractivity contribution in [1.82, 2.24) is 10.3 Å². The van der Waals surface area contributed by atoms with Gasteiger partial charge in [-0.15, -0.1) is 0 Å². The summed E-state index contributed by atoms with van der Waals surface area (Å²) in [6.45, 7) is 16.5. The van der Waals surface area contributed by atoms with Gasteiger partial charge < -0.3 is 4.42 Å². The number of para-hydroxylation sites is 1. The molecule has 0 fully saturated rings. The molecule has 2 aromatic heterocycles. The van der Waals surface area contributed by atoms with Gasteiger partial charge in [0.1, 0.15) is 11.3 Å². The zero-order valence-corrected chi connectivity index (χ0v) is 16.5. The topological polar surface area (TPSA) is 81.2 Å². The average Bonchev–Trinajstić information content (AvgIpc) is 3.33. The van der Waals surface area contributed by atoms with Gasteiger partial charge in [0, 0.05) is 10.9 Å². The number of fused-ring (bicyclic) bond motifs is 1. The van der Waals surface area contributed by atoms with Crippen LogP contribution >= 0.6 is 0 Å². The molecule has 0 unspecified atom stereocenters. The fourth-order valence-electron chi connectivity index (χ4n) is 2.15. The first-order valence-corrected chi connectivity index (χ1v) is 8.48. The van der Waals surface area contributed by atoms with E-state index in [4.69, 9.17) is 4.42 Å². The van der Waals surface area contributed by atoms with Crippen LogP contribution in [0, 0.1) is 6.92 Å². The van der Waals surface area contributed by atoms with E-state index in [2.05, 4.69) is 75.2 Å². The molecule has 0 radical (unpaired) electrons. The van der Waals surface area contributed by atoms with Crippen LogP contribution in [0.3, 0.4) is 0 Å². The third kappa shape index (κ3) is 6.45. The van der Waals surface area contributed by atoms with Crippen LogP contribution in [0.15, 0.2) is 88.3 Å². The summed E-state index contributed by atoms with van der Waals surface area (Å²) in [6, 6.07) is 7.52. The Bertz CT molecular complexity index is 1130. The van der Waals surface area contributed by atoms with E-state index in [1.54, 1.807) is 0 Å². The van der Waals surface area contributed by atoms with Crippen LogP contribution in [-0.2, 0) is 6.42 Å². The number of nitrogens with zero attached hydrogens (tertiary/aromatic N) is 2. The van der Waals surface area contributed by atoms with E-state index < -0.39 is 0 Å². The van der Waals surface area contributed by atoms with Gasteiger partial charge in [0.2, 0.25) is 5.82 Å². The molecule has 2 heterocycles. The van der Waals surface area contributed by atoms with E-state index in [1.165, 1.54) is 0 Å². The number of aryl methyl sites for hydroxylation is 2. The molecule has 3 aromatic rings. The Balaban J connectivity index is 0.000000396. The molecule has 0 aliphatic rings. The van der Waals surface area contributed by atoms with Crippen LogP contribution in [-0.4, -0.2) is 16.2 Å². The second-order valence-electron chi connectivity index (χ2n) is 5.25. The molecule has 6 nitrogen and oxygen atoms in total. The number of anilines is 1. The summed E-state index contributed by atoms with van der Waals surface area (Å²) in [7, 11) is 0. The summed E-state index contributed by atoms with van der Waals surface area (Å²) in [5, 5.41) is 11.0. The number of carbonyl (C=O) groups excluding carboxylic acids is 1. The van der Waals surface area contributed by atoms with Gasteiger partial charge in [-0.1, -0.05) is 53.2 Å². The normalized spacial score (nSPS) is 8.48. The Kier molecular flexibility index (Phi) is 9.58. The number of rotatable bonds is 3. The smallest absolute Gasteiger partial charge is 0.292 e. The number of hydrogen-bond donors (Lipinski definition) is 1. The number of nitrogens with one attached hydrogen (secondary N) is 1.